The Hall–Kier alpha value is -7.31. The number of rotatable bonds is 28. The first-order valence-corrected chi connectivity index (χ1v) is 54.8. The number of nitrogens with zero attached hydrogens (tertiary/aromatic N) is 11. The van der Waals surface area contributed by atoms with Crippen molar-refractivity contribution in [1.82, 2.24) is 39.9 Å². The number of amides is 3. The average Bonchev–Trinajstić information content (AvgIpc) is 1.55. The van der Waals surface area contributed by atoms with Crippen LogP contribution < -0.4 is 14.7 Å². The number of carbonyl (C=O) groups excluding carboxylic acids is 6. The van der Waals surface area contributed by atoms with E-state index in [2.05, 4.69) is 180 Å². The molecular formula is C99H138BrCl6N11O14Si3. The number of aliphatic hydroxyl groups is 2. The third-order valence-corrected chi connectivity index (χ3v) is 45.0. The predicted molar refractivity (Wildman–Crippen MR) is 547 cm³/mol. The van der Waals surface area contributed by atoms with Gasteiger partial charge in [0.1, 0.15) is 22.1 Å². The number of anilines is 3. The van der Waals surface area contributed by atoms with E-state index >= 15 is 0 Å². The first kappa shape index (κ1) is 115. The molecule has 0 aromatic carbocycles. The van der Waals surface area contributed by atoms with E-state index in [0.29, 0.717) is 168 Å². The molecule has 11 heterocycles. The lowest BCUT2D eigenvalue weighted by atomic mass is 9.77. The van der Waals surface area contributed by atoms with Crippen LogP contribution in [-0.4, -0.2) is 149 Å². The summed E-state index contributed by atoms with van der Waals surface area (Å²) < 4.78 is 35.4. The molecule has 0 saturated heterocycles. The smallest absolute Gasteiger partial charge is 0.357 e. The lowest BCUT2D eigenvalue weighted by Crippen LogP contribution is -2.53. The average molecular weight is 2080 g/mol. The number of aliphatic hydroxyl groups excluding tert-OH is 2. The summed E-state index contributed by atoms with van der Waals surface area (Å²) in [5.74, 6) is -1.42. The van der Waals surface area contributed by atoms with Crippen molar-refractivity contribution in [2.75, 3.05) is 36.0 Å². The molecule has 8 aromatic heterocycles. The Balaban J connectivity index is 0.000000256. The Morgan fingerprint density at radius 3 is 1.20 bits per heavy atom. The van der Waals surface area contributed by atoms with E-state index in [1.165, 1.54) is 33.7 Å². The minimum Gasteiger partial charge on any atom is -0.468 e. The van der Waals surface area contributed by atoms with E-state index in [1.807, 2.05) is 86.6 Å². The fraction of sp³-hybridized carbons (Fsp3) is 0.535. The minimum absolute atomic E-state index is 0.0110. The minimum atomic E-state index is -2.20. The Bertz CT molecular complexity index is 5280. The normalized spacial score (nSPS) is 15.6. The highest BCUT2D eigenvalue weighted by molar-refractivity contribution is 9.10. The first-order chi connectivity index (χ1) is 62.5. The topological polar surface area (TPSA) is 311 Å². The van der Waals surface area contributed by atoms with Gasteiger partial charge in [0, 0.05) is 129 Å². The number of ether oxygens (including phenoxy) is 3. The van der Waals surface area contributed by atoms with Crippen LogP contribution in [0.4, 0.5) is 17.5 Å². The molecule has 3 aliphatic heterocycles. The van der Waals surface area contributed by atoms with Crippen LogP contribution in [0.1, 0.15) is 271 Å². The number of esters is 3. The summed E-state index contributed by atoms with van der Waals surface area (Å²) >= 11 is 39.2. The van der Waals surface area contributed by atoms with Crippen LogP contribution in [0.15, 0.2) is 121 Å². The van der Waals surface area contributed by atoms with Crippen LogP contribution in [0.5, 0.6) is 0 Å². The van der Waals surface area contributed by atoms with Crippen LogP contribution >= 0.6 is 85.5 Å². The molecule has 3 unspecified atom stereocenters. The van der Waals surface area contributed by atoms with Crippen molar-refractivity contribution < 1.29 is 66.5 Å². The maximum atomic E-state index is 14.2. The van der Waals surface area contributed by atoms with Gasteiger partial charge in [-0.1, -0.05) is 201 Å². The number of alkyl halides is 1. The van der Waals surface area contributed by atoms with Gasteiger partial charge in [0.2, 0.25) is 36.8 Å². The molecule has 2 N–H and O–H groups in total. The number of hydrogen-bond donors (Lipinski definition) is 2. The summed E-state index contributed by atoms with van der Waals surface area (Å²) in [4.78, 5) is 116. The predicted octanol–water partition coefficient (Wildman–Crippen LogP) is 24.6. The highest BCUT2D eigenvalue weighted by Gasteiger charge is 2.61. The number of pyridine rings is 8. The first-order valence-electron chi connectivity index (χ1n) is 45.2. The van der Waals surface area contributed by atoms with Crippen LogP contribution in [-0.2, 0) is 109 Å². The molecule has 134 heavy (non-hydrogen) atoms. The molecule has 0 aliphatic carbocycles. The number of halogens is 7. The molecular weight excluding hydrogens is 1940 g/mol. The maximum absolute atomic E-state index is 14.2. The Labute approximate surface area is 835 Å². The van der Waals surface area contributed by atoms with E-state index in [1.54, 1.807) is 94.3 Å². The van der Waals surface area contributed by atoms with Crippen LogP contribution in [0.3, 0.4) is 0 Å². The zero-order valence-corrected chi connectivity index (χ0v) is 92.5. The van der Waals surface area contributed by atoms with E-state index in [4.69, 9.17) is 102 Å². The summed E-state index contributed by atoms with van der Waals surface area (Å²) in [5.41, 5.74) is 9.52. The van der Waals surface area contributed by atoms with Gasteiger partial charge in [0.15, 0.2) is 17.0 Å². The van der Waals surface area contributed by atoms with E-state index in [-0.39, 0.29) is 54.5 Å². The summed E-state index contributed by atoms with van der Waals surface area (Å²) in [6, 6.07) is 19.6. The molecule has 8 aromatic rings. The third kappa shape index (κ3) is 26.6. The number of carbonyl (C=O) groups is 6. The van der Waals surface area contributed by atoms with Gasteiger partial charge in [-0.3, -0.25) is 53.6 Å². The molecule has 734 valence electrons. The lowest BCUT2D eigenvalue weighted by molar-refractivity contribution is -0.152. The van der Waals surface area contributed by atoms with Crippen LogP contribution in [0.2, 0.25) is 75.0 Å². The summed E-state index contributed by atoms with van der Waals surface area (Å²) in [6.45, 7) is 58.9. The molecule has 0 radical (unpaired) electrons. The second-order valence-corrected chi connectivity index (χ2v) is 58.9. The zero-order chi connectivity index (χ0) is 101. The summed E-state index contributed by atoms with van der Waals surface area (Å²) in [7, 11) is -2.16. The van der Waals surface area contributed by atoms with Crippen molar-refractivity contribution in [3.8, 4) is 0 Å². The summed E-state index contributed by atoms with van der Waals surface area (Å²) in [5, 5.41) is 20.9. The van der Waals surface area contributed by atoms with Crippen molar-refractivity contribution in [3.05, 3.63) is 213 Å². The Morgan fingerprint density at radius 2 is 0.799 bits per heavy atom. The standard InChI is InChI=1S/C29H42ClN3O4Si.C18H20ClN3O2.C17H28ClNO3Si.C16H27Cl2NOSi.C13H16N2O3.C6H5BrClNO/c1-18(2)38(19(3)4,20(5)6)37-17-21-14-22(30)16-32-24(21)15-29(27(35)36-10)23-12-11-13-31-25(23)33(26(29)34)28(7,8)9;1-18(2,3)22-16-13(5-4-6-20-16)14(17(22)24)8-15-11(10-23)7-12(19)9-21-15;1-11(2)23(12(3)4,13(5)6)22-10-14-8-15(18)9-19-16(14)17(20)21-7;1-11(2)21(12(3)4,13(5)6)20-10-14-7-15(18)9-19-16(14)8-17;1-13(2,3)15-10-8(6-5-7-14-10)9(11(15)16)12(17)18-4;7-6-4(3-10)1-5(8)2-9-6/h11-14,16,18-20H,15,17H2,1-10H3;4-7,9,14,23H,8,10H2,1-3H3;8-9,11-13H,10H2,1-7H3;7,9,11-13H,8,10H2,1-6H3;5-7,9H,1-4H3;1-2,10H,3H2. The van der Waals surface area contributed by atoms with Gasteiger partial charge in [0.25, 0.3) is 5.91 Å². The number of aromatic nitrogens is 8. The molecule has 3 atom stereocenters. The third-order valence-electron chi connectivity index (χ3n) is 24.9. The highest BCUT2D eigenvalue weighted by Crippen LogP contribution is 2.51. The van der Waals surface area contributed by atoms with Gasteiger partial charge in [-0.2, -0.15) is 0 Å². The van der Waals surface area contributed by atoms with Gasteiger partial charge in [-0.05, 0) is 182 Å². The van der Waals surface area contributed by atoms with Crippen molar-refractivity contribution in [2.24, 2.45) is 0 Å². The fourth-order valence-electron chi connectivity index (χ4n) is 19.2. The maximum Gasteiger partial charge on any atom is 0.357 e. The van der Waals surface area contributed by atoms with Gasteiger partial charge in [-0.25, -0.2) is 29.7 Å². The number of hydrogen-bond acceptors (Lipinski definition) is 22. The molecule has 0 fully saturated rings. The van der Waals surface area contributed by atoms with Gasteiger partial charge in [-0.15, -0.1) is 11.6 Å². The van der Waals surface area contributed by atoms with Gasteiger partial charge in [0.05, 0.1) is 97.0 Å². The molecule has 25 nitrogen and oxygen atoms in total. The highest BCUT2D eigenvalue weighted by atomic mass is 79.9. The molecule has 35 heteroatoms. The van der Waals surface area contributed by atoms with Crippen molar-refractivity contribution in [3.63, 3.8) is 0 Å². The van der Waals surface area contributed by atoms with Gasteiger partial charge < -0.3 is 37.7 Å². The monoisotopic (exact) mass is 2080 g/mol. The molecule has 3 aliphatic rings. The van der Waals surface area contributed by atoms with Crippen LogP contribution in [0, 0.1) is 0 Å². The molecule has 0 saturated carbocycles. The number of fused-ring (bicyclic) bond motifs is 3. The lowest BCUT2D eigenvalue weighted by Gasteiger charge is -2.42. The van der Waals surface area contributed by atoms with Crippen molar-refractivity contribution in [2.45, 2.75) is 322 Å². The summed E-state index contributed by atoms with van der Waals surface area (Å²) in [6.07, 6.45) is 13.1. The van der Waals surface area contributed by atoms with E-state index in [0.717, 1.165) is 22.4 Å². The molecule has 0 spiro atoms. The second kappa shape index (κ2) is 49.5. The molecule has 0 bridgehead atoms. The SMILES string of the molecule is CC(C)(C)N1C(=O)C(Cc2ncc(Cl)cc2CO)c2cccnc21.CC(C)[Si](OCc1cc(Cl)cnc1CCl)(C(C)C)C(C)C.COC(=O)C1(Cc2ncc(Cl)cc2CO[Si](C(C)C)(C(C)C)C(C)C)C(=O)N(C(C)(C)C)c2ncccc21.COC(=O)C1C(=O)N(C(C)(C)C)c2ncccc21.COC(=O)c1ncc(Cl)cc1CO[Si](C(C)C)(C(C)C)C(C)C.OCc1cc(Cl)cnc1Br. The molecule has 3 amide bonds. The van der Waals surface area contributed by atoms with Crippen LogP contribution in [0.25, 0.3) is 0 Å². The van der Waals surface area contributed by atoms with Crippen molar-refractivity contribution >= 4 is 164 Å². The Morgan fingerprint density at radius 1 is 0.440 bits per heavy atom. The zero-order valence-electron chi connectivity index (χ0n) is 83.3. The number of methoxy groups -OCH3 is 3. The van der Waals surface area contributed by atoms with E-state index < -0.39 is 65.3 Å². The fourth-order valence-corrected chi connectivity index (χ4v) is 36.9. The second-order valence-electron chi connectivity index (χ2n) is 39.3. The largest absolute Gasteiger partial charge is 0.468 e. The Kier molecular flexibility index (Phi) is 42.6. The van der Waals surface area contributed by atoms with Crippen molar-refractivity contribution in [1.29, 1.82) is 0 Å². The van der Waals surface area contributed by atoms with E-state index in [9.17, 15) is 33.9 Å². The quantitative estimate of drug-likeness (QED) is 0.0115. The van der Waals surface area contributed by atoms with Gasteiger partial charge >= 0.3 is 17.9 Å². The molecule has 11 rings (SSSR count).